The number of hydrogen-bond acceptors (Lipinski definition) is 3. The van der Waals surface area contributed by atoms with Crippen molar-refractivity contribution in [1.29, 1.82) is 0 Å². The maximum Gasteiger partial charge on any atom is 0.241 e. The molecule has 0 heterocycles. The smallest absolute Gasteiger partial charge is 0.241 e. The quantitative estimate of drug-likeness (QED) is 0.836. The van der Waals surface area contributed by atoms with Crippen LogP contribution in [-0.4, -0.2) is 18.1 Å². The molecule has 0 bridgehead atoms. The fraction of sp³-hybridized carbons (Fsp3) is 0.316. The van der Waals surface area contributed by atoms with Crippen LogP contribution < -0.4 is 15.8 Å². The molecule has 5 heteroatoms. The van der Waals surface area contributed by atoms with Crippen molar-refractivity contribution in [3.05, 3.63) is 59.7 Å². The molecule has 0 aliphatic heterocycles. The van der Waals surface area contributed by atoms with Crippen molar-refractivity contribution >= 4 is 24.0 Å². The van der Waals surface area contributed by atoms with E-state index >= 15 is 0 Å². The van der Waals surface area contributed by atoms with Crippen molar-refractivity contribution in [2.45, 2.75) is 39.3 Å². The van der Waals surface area contributed by atoms with Gasteiger partial charge in [-0.1, -0.05) is 30.3 Å². The van der Waals surface area contributed by atoms with Gasteiger partial charge in [0.2, 0.25) is 5.91 Å². The van der Waals surface area contributed by atoms with Crippen molar-refractivity contribution < 1.29 is 9.53 Å². The summed E-state index contributed by atoms with van der Waals surface area (Å²) in [5.41, 5.74) is 8.75. The van der Waals surface area contributed by atoms with Crippen molar-refractivity contribution in [2.75, 3.05) is 5.32 Å². The number of rotatable bonds is 6. The van der Waals surface area contributed by atoms with Gasteiger partial charge >= 0.3 is 0 Å². The summed E-state index contributed by atoms with van der Waals surface area (Å²) in [5, 5.41) is 2.86. The Kier molecular flexibility index (Phi) is 7.75. The van der Waals surface area contributed by atoms with Crippen LogP contribution in [0, 0.1) is 6.92 Å². The molecule has 0 aliphatic rings. The van der Waals surface area contributed by atoms with Crippen LogP contribution in [0.4, 0.5) is 5.69 Å². The van der Waals surface area contributed by atoms with E-state index in [1.807, 2.05) is 69.3 Å². The summed E-state index contributed by atoms with van der Waals surface area (Å²) in [7, 11) is 0. The van der Waals surface area contributed by atoms with Crippen LogP contribution in [0.25, 0.3) is 0 Å². The molecule has 2 rings (SSSR count). The van der Waals surface area contributed by atoms with E-state index in [-0.39, 0.29) is 24.4 Å². The number of hydrogen-bond donors (Lipinski definition) is 2. The minimum Gasteiger partial charge on any atom is -0.491 e. The molecule has 1 amide bonds. The second kappa shape index (κ2) is 9.30. The molecule has 0 aromatic heterocycles. The van der Waals surface area contributed by atoms with Crippen LogP contribution in [0.3, 0.4) is 0 Å². The SMILES string of the molecule is Cc1cc(NC(=O)[C@@H](N)Cc2ccccc2)ccc1OC(C)C.Cl. The average Bonchev–Trinajstić information content (AvgIpc) is 2.50. The number of ether oxygens (including phenoxy) is 1. The van der Waals surface area contributed by atoms with E-state index < -0.39 is 6.04 Å². The summed E-state index contributed by atoms with van der Waals surface area (Å²) in [5.74, 6) is 0.636. The fourth-order valence-corrected chi connectivity index (χ4v) is 2.31. The molecule has 2 aromatic rings. The lowest BCUT2D eigenvalue weighted by Crippen LogP contribution is -2.37. The number of carbonyl (C=O) groups is 1. The Morgan fingerprint density at radius 1 is 1.17 bits per heavy atom. The summed E-state index contributed by atoms with van der Waals surface area (Å²) in [6.07, 6.45) is 0.633. The van der Waals surface area contributed by atoms with E-state index in [9.17, 15) is 4.79 Å². The van der Waals surface area contributed by atoms with Gasteiger partial charge in [0.1, 0.15) is 5.75 Å². The van der Waals surface area contributed by atoms with Gasteiger partial charge in [-0.25, -0.2) is 0 Å². The normalized spacial score (nSPS) is 11.5. The molecule has 4 nitrogen and oxygen atoms in total. The Hall–Kier alpha value is -2.04. The lowest BCUT2D eigenvalue weighted by molar-refractivity contribution is -0.117. The molecule has 0 spiro atoms. The Balaban J connectivity index is 0.00000288. The zero-order chi connectivity index (χ0) is 16.8. The van der Waals surface area contributed by atoms with E-state index in [1.165, 1.54) is 0 Å². The maximum atomic E-state index is 12.2. The highest BCUT2D eigenvalue weighted by molar-refractivity contribution is 5.95. The van der Waals surface area contributed by atoms with Gasteiger partial charge in [0.05, 0.1) is 12.1 Å². The monoisotopic (exact) mass is 348 g/mol. The Morgan fingerprint density at radius 3 is 2.42 bits per heavy atom. The highest BCUT2D eigenvalue weighted by Gasteiger charge is 2.14. The molecule has 1 atom stereocenters. The Morgan fingerprint density at radius 2 is 1.83 bits per heavy atom. The molecule has 3 N–H and O–H groups in total. The van der Waals surface area contributed by atoms with Gasteiger partial charge in [-0.3, -0.25) is 4.79 Å². The molecular formula is C19H25ClN2O2. The van der Waals surface area contributed by atoms with Crippen molar-refractivity contribution in [3.63, 3.8) is 0 Å². The van der Waals surface area contributed by atoms with Crippen molar-refractivity contribution in [3.8, 4) is 5.75 Å². The fourth-order valence-electron chi connectivity index (χ4n) is 2.31. The predicted octanol–water partition coefficient (Wildman–Crippen LogP) is 3.71. The van der Waals surface area contributed by atoms with Gasteiger partial charge < -0.3 is 15.8 Å². The van der Waals surface area contributed by atoms with E-state index in [0.29, 0.717) is 6.42 Å². The van der Waals surface area contributed by atoms with Crippen molar-refractivity contribution in [2.24, 2.45) is 5.73 Å². The summed E-state index contributed by atoms with van der Waals surface area (Å²) in [6, 6.07) is 14.8. The highest BCUT2D eigenvalue weighted by atomic mass is 35.5. The molecular weight excluding hydrogens is 324 g/mol. The summed E-state index contributed by atoms with van der Waals surface area (Å²) in [6.45, 7) is 5.92. The van der Waals surface area contributed by atoms with Crippen LogP contribution in [0.5, 0.6) is 5.75 Å². The molecule has 24 heavy (non-hydrogen) atoms. The highest BCUT2D eigenvalue weighted by Crippen LogP contribution is 2.23. The third-order valence-corrected chi connectivity index (χ3v) is 3.44. The number of halogens is 1. The maximum absolute atomic E-state index is 12.2. The third kappa shape index (κ3) is 5.87. The van der Waals surface area contributed by atoms with Crippen LogP contribution in [0.1, 0.15) is 25.0 Å². The van der Waals surface area contributed by atoms with Gasteiger partial charge in [0.25, 0.3) is 0 Å². The number of amides is 1. The summed E-state index contributed by atoms with van der Waals surface area (Å²) < 4.78 is 5.69. The lowest BCUT2D eigenvalue weighted by atomic mass is 10.1. The third-order valence-electron chi connectivity index (χ3n) is 3.44. The number of aryl methyl sites for hydroxylation is 1. The van der Waals surface area contributed by atoms with Crippen molar-refractivity contribution in [1.82, 2.24) is 0 Å². The molecule has 0 saturated carbocycles. The van der Waals surface area contributed by atoms with Gasteiger partial charge in [-0.2, -0.15) is 0 Å². The van der Waals surface area contributed by atoms with Crippen LogP contribution in [0.15, 0.2) is 48.5 Å². The zero-order valence-electron chi connectivity index (χ0n) is 14.3. The molecule has 0 aliphatic carbocycles. The summed E-state index contributed by atoms with van der Waals surface area (Å²) in [4.78, 5) is 12.2. The molecule has 0 saturated heterocycles. The van der Waals surface area contributed by atoms with E-state index in [4.69, 9.17) is 10.5 Å². The molecule has 0 fully saturated rings. The number of carbonyl (C=O) groups excluding carboxylic acids is 1. The number of nitrogens with two attached hydrogens (primary N) is 1. The first-order valence-corrected chi connectivity index (χ1v) is 7.83. The number of nitrogens with one attached hydrogen (secondary N) is 1. The first kappa shape index (κ1) is 20.0. The van der Waals surface area contributed by atoms with E-state index in [1.54, 1.807) is 0 Å². The Labute approximate surface area is 149 Å². The second-order valence-corrected chi connectivity index (χ2v) is 5.93. The topological polar surface area (TPSA) is 64.4 Å². The zero-order valence-corrected chi connectivity index (χ0v) is 15.1. The molecule has 130 valence electrons. The largest absolute Gasteiger partial charge is 0.491 e. The minimum atomic E-state index is -0.579. The number of benzene rings is 2. The van der Waals surface area contributed by atoms with Gasteiger partial charge in [0.15, 0.2) is 0 Å². The first-order valence-electron chi connectivity index (χ1n) is 7.83. The van der Waals surface area contributed by atoms with Crippen LogP contribution >= 0.6 is 12.4 Å². The first-order chi connectivity index (χ1) is 11.0. The Bertz CT molecular complexity index is 660. The van der Waals surface area contributed by atoms with Crippen LogP contribution in [0.2, 0.25) is 0 Å². The minimum absolute atomic E-state index is 0. The molecule has 2 aromatic carbocycles. The van der Waals surface area contributed by atoms with E-state index in [0.717, 1.165) is 22.6 Å². The van der Waals surface area contributed by atoms with Crippen LogP contribution in [-0.2, 0) is 11.2 Å². The summed E-state index contributed by atoms with van der Waals surface area (Å²) >= 11 is 0. The molecule has 0 radical (unpaired) electrons. The second-order valence-electron chi connectivity index (χ2n) is 5.93. The van der Waals surface area contributed by atoms with Gasteiger partial charge in [-0.15, -0.1) is 12.4 Å². The standard InChI is InChI=1S/C19H24N2O2.ClH/c1-13(2)23-18-10-9-16(11-14(18)3)21-19(22)17(20)12-15-7-5-4-6-8-15;/h4-11,13,17H,12,20H2,1-3H3,(H,21,22);1H/t17-;/m0./s1. The number of anilines is 1. The predicted molar refractivity (Wildman–Crippen MR) is 101 cm³/mol. The van der Waals surface area contributed by atoms with E-state index in [2.05, 4.69) is 5.32 Å². The van der Waals surface area contributed by atoms with Gasteiger partial charge in [-0.05, 0) is 56.5 Å². The lowest BCUT2D eigenvalue weighted by Gasteiger charge is -2.15. The molecule has 0 unspecified atom stereocenters. The van der Waals surface area contributed by atoms with Gasteiger partial charge in [0, 0.05) is 5.69 Å². The average molecular weight is 349 g/mol.